The van der Waals surface area contributed by atoms with Gasteiger partial charge in [0.05, 0.1) is 17.7 Å². The van der Waals surface area contributed by atoms with E-state index in [0.717, 1.165) is 6.07 Å². The van der Waals surface area contributed by atoms with Crippen LogP contribution in [-0.4, -0.2) is 21.2 Å². The maximum atomic E-state index is 13.4. The summed E-state index contributed by atoms with van der Waals surface area (Å²) < 4.78 is 17.9. The van der Waals surface area contributed by atoms with Crippen molar-refractivity contribution in [1.29, 1.82) is 0 Å². The number of rotatable bonds is 1. The van der Waals surface area contributed by atoms with Crippen molar-refractivity contribution < 1.29 is 13.9 Å². The molecule has 5 heteroatoms. The minimum absolute atomic E-state index is 0.000887. The van der Waals surface area contributed by atoms with Crippen LogP contribution in [0.3, 0.4) is 0 Å². The molecule has 0 atom stereocenters. The van der Waals surface area contributed by atoms with Crippen LogP contribution < -0.4 is 0 Å². The monoisotopic (exact) mass is 284 g/mol. The van der Waals surface area contributed by atoms with E-state index in [9.17, 15) is 9.18 Å². The van der Waals surface area contributed by atoms with Crippen LogP contribution in [0.1, 0.15) is 15.9 Å². The van der Waals surface area contributed by atoms with Crippen molar-refractivity contribution in [3.63, 3.8) is 0 Å². The van der Waals surface area contributed by atoms with Crippen molar-refractivity contribution >= 4 is 25.6 Å². The van der Waals surface area contributed by atoms with Crippen molar-refractivity contribution in [3.05, 3.63) is 34.1 Å². The molecule has 0 spiro atoms. The van der Waals surface area contributed by atoms with Crippen LogP contribution in [-0.2, 0) is 4.74 Å². The van der Waals surface area contributed by atoms with Gasteiger partial charge in [0, 0.05) is 5.56 Å². The molecule has 0 heterocycles. The second-order valence-electron chi connectivity index (χ2n) is 4.81. The Morgan fingerprint density at radius 2 is 2.00 bits per heavy atom. The van der Waals surface area contributed by atoms with Crippen LogP contribution in [0.2, 0.25) is 24.7 Å². The summed E-state index contributed by atoms with van der Waals surface area (Å²) in [5, 5.41) is 0.133. The second-order valence-corrected chi connectivity index (χ2v) is 9.93. The van der Waals surface area contributed by atoms with E-state index < -0.39 is 19.9 Å². The van der Waals surface area contributed by atoms with Crippen molar-refractivity contribution in [2.75, 3.05) is 7.11 Å². The highest BCUT2D eigenvalue weighted by molar-refractivity contribution is 6.83. The molecule has 0 aromatic heterocycles. The molecule has 18 heavy (non-hydrogen) atoms. The molecule has 0 saturated heterocycles. The zero-order valence-corrected chi connectivity index (χ0v) is 12.5. The van der Waals surface area contributed by atoms with Crippen molar-refractivity contribution in [2.24, 2.45) is 0 Å². The maximum absolute atomic E-state index is 13.4. The number of carbonyl (C=O) groups excluding carboxylic acids is 1. The normalized spacial score (nSPS) is 10.6. The highest BCUT2D eigenvalue weighted by atomic mass is 35.5. The average molecular weight is 285 g/mol. The molecule has 0 amide bonds. The van der Waals surface area contributed by atoms with Gasteiger partial charge in [-0.3, -0.25) is 0 Å². The molecule has 0 bridgehead atoms. The van der Waals surface area contributed by atoms with Crippen LogP contribution in [0.25, 0.3) is 0 Å². The molecule has 2 nitrogen and oxygen atoms in total. The molecule has 0 aliphatic carbocycles. The molecular weight excluding hydrogens is 271 g/mol. The van der Waals surface area contributed by atoms with E-state index >= 15 is 0 Å². The maximum Gasteiger partial charge on any atom is 0.339 e. The number of halogens is 2. The Labute approximate surface area is 112 Å². The first-order chi connectivity index (χ1) is 8.24. The van der Waals surface area contributed by atoms with Gasteiger partial charge in [-0.25, -0.2) is 9.18 Å². The molecule has 0 radical (unpaired) electrons. The quantitative estimate of drug-likeness (QED) is 0.448. The minimum Gasteiger partial charge on any atom is -0.465 e. The van der Waals surface area contributed by atoms with Crippen molar-refractivity contribution in [1.82, 2.24) is 0 Å². The Morgan fingerprint density at radius 1 is 1.39 bits per heavy atom. The van der Waals surface area contributed by atoms with E-state index in [4.69, 9.17) is 11.6 Å². The number of esters is 1. The van der Waals surface area contributed by atoms with Crippen molar-refractivity contribution in [3.8, 4) is 11.5 Å². The van der Waals surface area contributed by atoms with Crippen LogP contribution in [0.15, 0.2) is 12.1 Å². The van der Waals surface area contributed by atoms with Gasteiger partial charge in [-0.1, -0.05) is 37.2 Å². The number of methoxy groups -OCH3 is 1. The molecule has 0 aliphatic rings. The smallest absolute Gasteiger partial charge is 0.339 e. The lowest BCUT2D eigenvalue weighted by Crippen LogP contribution is -2.16. The average Bonchev–Trinajstić information content (AvgIpc) is 2.27. The van der Waals surface area contributed by atoms with Crippen LogP contribution in [0.4, 0.5) is 4.39 Å². The zero-order chi connectivity index (χ0) is 13.9. The lowest BCUT2D eigenvalue weighted by Gasteiger charge is -2.06. The minimum atomic E-state index is -1.59. The molecule has 0 N–H and O–H groups in total. The van der Waals surface area contributed by atoms with Gasteiger partial charge in [0.15, 0.2) is 0 Å². The summed E-state index contributed by atoms with van der Waals surface area (Å²) in [7, 11) is -0.372. The highest BCUT2D eigenvalue weighted by Crippen LogP contribution is 2.23. The molecule has 1 rings (SSSR count). The van der Waals surface area contributed by atoms with E-state index in [1.165, 1.54) is 13.2 Å². The number of hydrogen-bond donors (Lipinski definition) is 0. The van der Waals surface area contributed by atoms with Gasteiger partial charge in [-0.15, -0.1) is 5.54 Å². The van der Waals surface area contributed by atoms with Gasteiger partial charge < -0.3 is 4.74 Å². The van der Waals surface area contributed by atoms with E-state index in [1.807, 2.05) is 0 Å². The topological polar surface area (TPSA) is 26.3 Å². The Morgan fingerprint density at radius 3 is 2.50 bits per heavy atom. The van der Waals surface area contributed by atoms with Gasteiger partial charge in [-0.05, 0) is 12.1 Å². The number of hydrogen-bond acceptors (Lipinski definition) is 2. The molecule has 96 valence electrons. The van der Waals surface area contributed by atoms with Gasteiger partial charge >= 0.3 is 5.97 Å². The first kappa shape index (κ1) is 14.7. The predicted molar refractivity (Wildman–Crippen MR) is 73.0 cm³/mol. The van der Waals surface area contributed by atoms with E-state index in [2.05, 4.69) is 35.8 Å². The van der Waals surface area contributed by atoms with E-state index in [0.29, 0.717) is 5.56 Å². The number of benzene rings is 1. The first-order valence-electron chi connectivity index (χ1n) is 5.35. The molecule has 1 aromatic carbocycles. The summed E-state index contributed by atoms with van der Waals surface area (Å²) in [6, 6.07) is 2.27. The third-order valence-electron chi connectivity index (χ3n) is 2.01. The molecule has 0 saturated carbocycles. The van der Waals surface area contributed by atoms with Crippen molar-refractivity contribution in [2.45, 2.75) is 19.6 Å². The molecule has 1 aromatic rings. The summed E-state index contributed by atoms with van der Waals surface area (Å²) >= 11 is 6.03. The number of carbonyl (C=O) groups is 1. The number of ether oxygens (including phenoxy) is 1. The fourth-order valence-corrected chi connectivity index (χ4v) is 1.94. The standard InChI is InChI=1S/C13H14ClFO2Si/c1-17-13(16)11-8-10(15)7-9(12(11)14)5-6-18(2,3)4/h7-8H,1-4H3. The Kier molecular flexibility index (Phi) is 4.55. The van der Waals surface area contributed by atoms with Crippen LogP contribution in [0.5, 0.6) is 0 Å². The summed E-state index contributed by atoms with van der Waals surface area (Å²) in [6.07, 6.45) is 0. The van der Waals surface area contributed by atoms with Crippen LogP contribution >= 0.6 is 11.6 Å². The van der Waals surface area contributed by atoms with Crippen LogP contribution in [0, 0.1) is 17.3 Å². The molecule has 0 fully saturated rings. The Balaban J connectivity index is 3.33. The molecule has 0 aliphatic heterocycles. The lowest BCUT2D eigenvalue weighted by molar-refractivity contribution is 0.0600. The Hall–Kier alpha value is -1.31. The summed E-state index contributed by atoms with van der Waals surface area (Å²) in [5.41, 5.74) is 3.39. The second kappa shape index (κ2) is 5.55. The Bertz CT molecular complexity index is 538. The molecular formula is C13H14ClFO2Si. The van der Waals surface area contributed by atoms with Gasteiger partial charge in [0.1, 0.15) is 13.9 Å². The fourth-order valence-electron chi connectivity index (χ4n) is 1.19. The van der Waals surface area contributed by atoms with E-state index in [1.54, 1.807) is 0 Å². The largest absolute Gasteiger partial charge is 0.465 e. The fraction of sp³-hybridized carbons (Fsp3) is 0.308. The zero-order valence-electron chi connectivity index (χ0n) is 10.7. The third-order valence-corrected chi connectivity index (χ3v) is 3.30. The highest BCUT2D eigenvalue weighted by Gasteiger charge is 2.16. The van der Waals surface area contributed by atoms with Gasteiger partial charge in [-0.2, -0.15) is 0 Å². The predicted octanol–water partition coefficient (Wildman–Crippen LogP) is 3.49. The molecule has 0 unspecified atom stereocenters. The first-order valence-corrected chi connectivity index (χ1v) is 9.23. The third kappa shape index (κ3) is 3.86. The SMILES string of the molecule is COC(=O)c1cc(F)cc(C#C[Si](C)(C)C)c1Cl. The summed E-state index contributed by atoms with van der Waals surface area (Å²) in [6.45, 7) is 6.19. The lowest BCUT2D eigenvalue weighted by atomic mass is 10.1. The van der Waals surface area contributed by atoms with Gasteiger partial charge in [0.25, 0.3) is 0 Å². The van der Waals surface area contributed by atoms with Gasteiger partial charge in [0.2, 0.25) is 0 Å². The summed E-state index contributed by atoms with van der Waals surface area (Å²) in [5.74, 6) is 1.62. The van der Waals surface area contributed by atoms with E-state index in [-0.39, 0.29) is 10.6 Å². The summed E-state index contributed by atoms with van der Waals surface area (Å²) in [4.78, 5) is 11.4.